The van der Waals surface area contributed by atoms with Crippen molar-refractivity contribution >= 4 is 5.78 Å². The molecule has 2 atom stereocenters. The third-order valence-electron chi connectivity index (χ3n) is 3.73. The molecule has 0 spiro atoms. The molecule has 2 rings (SSSR count). The lowest BCUT2D eigenvalue weighted by atomic mass is 9.80. The van der Waals surface area contributed by atoms with E-state index in [1.54, 1.807) is 0 Å². The molecule has 0 bridgehead atoms. The molecule has 2 fully saturated rings. The Kier molecular flexibility index (Phi) is 3.05. The van der Waals surface area contributed by atoms with Crippen molar-refractivity contribution in [1.29, 1.82) is 0 Å². The summed E-state index contributed by atoms with van der Waals surface area (Å²) < 4.78 is 0. The van der Waals surface area contributed by atoms with Gasteiger partial charge in [0, 0.05) is 12.3 Å². The minimum Gasteiger partial charge on any atom is -0.299 e. The Morgan fingerprint density at radius 2 is 2.00 bits per heavy atom. The van der Waals surface area contributed by atoms with Gasteiger partial charge in [-0.2, -0.15) is 0 Å². The zero-order valence-electron chi connectivity index (χ0n) is 9.09. The molecular weight excluding hydrogens is 172 g/mol. The standard InChI is InChI=1S/C13H20O/c1-2-3-6-10-9-13(14)12-8-5-4-7-11(10)12/h6,11-12H,2-5,7-9H2,1H3/b10-6+. The van der Waals surface area contributed by atoms with Gasteiger partial charge >= 0.3 is 0 Å². The van der Waals surface area contributed by atoms with Crippen molar-refractivity contribution in [3.05, 3.63) is 11.6 Å². The zero-order valence-corrected chi connectivity index (χ0v) is 9.09. The highest BCUT2D eigenvalue weighted by molar-refractivity contribution is 5.87. The summed E-state index contributed by atoms with van der Waals surface area (Å²) in [6.07, 6.45) is 10.5. The molecule has 0 aromatic carbocycles. The SMILES string of the molecule is CCC/C=C1\CC(=O)C2CCCCC12. The van der Waals surface area contributed by atoms with Gasteiger partial charge in [-0.3, -0.25) is 4.79 Å². The topological polar surface area (TPSA) is 17.1 Å². The third kappa shape index (κ3) is 1.77. The molecule has 2 unspecified atom stereocenters. The first kappa shape index (κ1) is 9.95. The minimum atomic E-state index is 0.409. The van der Waals surface area contributed by atoms with E-state index in [0.29, 0.717) is 17.6 Å². The molecule has 0 aromatic heterocycles. The summed E-state index contributed by atoms with van der Waals surface area (Å²) in [6.45, 7) is 2.20. The van der Waals surface area contributed by atoms with Gasteiger partial charge in [0.2, 0.25) is 0 Å². The van der Waals surface area contributed by atoms with Crippen LogP contribution in [-0.2, 0) is 4.79 Å². The predicted molar refractivity (Wildman–Crippen MR) is 58.1 cm³/mol. The fraction of sp³-hybridized carbons (Fsp3) is 0.769. The number of rotatable bonds is 2. The van der Waals surface area contributed by atoms with Crippen molar-refractivity contribution in [3.8, 4) is 0 Å². The summed E-state index contributed by atoms with van der Waals surface area (Å²) in [6, 6.07) is 0. The van der Waals surface area contributed by atoms with Crippen LogP contribution in [0.25, 0.3) is 0 Å². The number of fused-ring (bicyclic) bond motifs is 1. The van der Waals surface area contributed by atoms with Crippen molar-refractivity contribution in [3.63, 3.8) is 0 Å². The number of Topliss-reactive ketones (excluding diaryl/α,β-unsaturated/α-hetero) is 1. The van der Waals surface area contributed by atoms with Crippen LogP contribution < -0.4 is 0 Å². The number of carbonyl (C=O) groups excluding carboxylic acids is 1. The van der Waals surface area contributed by atoms with Gasteiger partial charge in [0.05, 0.1) is 0 Å². The molecule has 0 amide bonds. The van der Waals surface area contributed by atoms with Crippen molar-refractivity contribution in [1.82, 2.24) is 0 Å². The van der Waals surface area contributed by atoms with E-state index in [0.717, 1.165) is 19.3 Å². The molecule has 2 saturated carbocycles. The molecule has 2 aliphatic rings. The number of carbonyl (C=O) groups is 1. The fourth-order valence-corrected chi connectivity index (χ4v) is 2.98. The monoisotopic (exact) mass is 192 g/mol. The molecule has 0 aliphatic heterocycles. The highest BCUT2D eigenvalue weighted by Crippen LogP contribution is 2.43. The van der Waals surface area contributed by atoms with Gasteiger partial charge < -0.3 is 0 Å². The second-order valence-electron chi connectivity index (χ2n) is 4.71. The Balaban J connectivity index is 2.09. The summed E-state index contributed by atoms with van der Waals surface area (Å²) in [7, 11) is 0. The average Bonchev–Trinajstić information content (AvgIpc) is 2.54. The van der Waals surface area contributed by atoms with E-state index in [4.69, 9.17) is 0 Å². The highest BCUT2D eigenvalue weighted by Gasteiger charge is 2.39. The molecule has 0 saturated heterocycles. The Labute approximate surface area is 86.6 Å². The van der Waals surface area contributed by atoms with Crippen LogP contribution in [0.4, 0.5) is 0 Å². The first-order valence-corrected chi connectivity index (χ1v) is 6.04. The van der Waals surface area contributed by atoms with Crippen LogP contribution in [0.5, 0.6) is 0 Å². The van der Waals surface area contributed by atoms with Crippen LogP contribution in [-0.4, -0.2) is 5.78 Å². The maximum atomic E-state index is 11.7. The van der Waals surface area contributed by atoms with Crippen LogP contribution in [0.2, 0.25) is 0 Å². The van der Waals surface area contributed by atoms with E-state index >= 15 is 0 Å². The molecule has 2 aliphatic carbocycles. The lowest BCUT2D eigenvalue weighted by Crippen LogP contribution is -2.19. The first-order valence-electron chi connectivity index (χ1n) is 6.04. The Hall–Kier alpha value is -0.590. The summed E-state index contributed by atoms with van der Waals surface area (Å²) >= 11 is 0. The lowest BCUT2D eigenvalue weighted by molar-refractivity contribution is -0.121. The fourth-order valence-electron chi connectivity index (χ4n) is 2.98. The molecule has 0 aromatic rings. The second-order valence-corrected chi connectivity index (χ2v) is 4.71. The number of unbranched alkanes of at least 4 members (excludes halogenated alkanes) is 1. The predicted octanol–water partition coefficient (Wildman–Crippen LogP) is 3.49. The molecule has 1 heteroatoms. The molecule has 0 radical (unpaired) electrons. The zero-order chi connectivity index (χ0) is 9.97. The molecule has 14 heavy (non-hydrogen) atoms. The summed E-state index contributed by atoms with van der Waals surface area (Å²) in [5, 5.41) is 0. The van der Waals surface area contributed by atoms with Crippen molar-refractivity contribution in [2.45, 2.75) is 51.9 Å². The number of hydrogen-bond donors (Lipinski definition) is 0. The van der Waals surface area contributed by atoms with E-state index in [-0.39, 0.29) is 0 Å². The Bertz CT molecular complexity index is 252. The van der Waals surface area contributed by atoms with Gasteiger partial charge in [-0.15, -0.1) is 0 Å². The van der Waals surface area contributed by atoms with Crippen molar-refractivity contribution in [2.24, 2.45) is 11.8 Å². The van der Waals surface area contributed by atoms with E-state index < -0.39 is 0 Å². The van der Waals surface area contributed by atoms with E-state index in [2.05, 4.69) is 13.0 Å². The van der Waals surface area contributed by atoms with E-state index in [9.17, 15) is 4.79 Å². The summed E-state index contributed by atoms with van der Waals surface area (Å²) in [5.74, 6) is 1.58. The van der Waals surface area contributed by atoms with E-state index in [1.807, 2.05) is 0 Å². The second kappa shape index (κ2) is 4.29. The van der Waals surface area contributed by atoms with Crippen molar-refractivity contribution in [2.75, 3.05) is 0 Å². The van der Waals surface area contributed by atoms with Crippen LogP contribution in [0, 0.1) is 11.8 Å². The first-order chi connectivity index (χ1) is 6.83. The lowest BCUT2D eigenvalue weighted by Gasteiger charge is -2.24. The average molecular weight is 192 g/mol. The number of ketones is 1. The molecule has 1 nitrogen and oxygen atoms in total. The van der Waals surface area contributed by atoms with Crippen LogP contribution in [0.1, 0.15) is 51.9 Å². The van der Waals surface area contributed by atoms with Gasteiger partial charge in [-0.05, 0) is 25.2 Å². The maximum absolute atomic E-state index is 11.7. The van der Waals surface area contributed by atoms with Gasteiger partial charge in [0.25, 0.3) is 0 Å². The van der Waals surface area contributed by atoms with Crippen LogP contribution in [0.3, 0.4) is 0 Å². The quantitative estimate of drug-likeness (QED) is 0.612. The molecular formula is C13H20O. The third-order valence-corrected chi connectivity index (χ3v) is 3.73. The molecule has 0 heterocycles. The Morgan fingerprint density at radius 3 is 2.71 bits per heavy atom. The van der Waals surface area contributed by atoms with Gasteiger partial charge in [-0.25, -0.2) is 0 Å². The molecule has 78 valence electrons. The largest absolute Gasteiger partial charge is 0.299 e. The smallest absolute Gasteiger partial charge is 0.140 e. The highest BCUT2D eigenvalue weighted by atomic mass is 16.1. The summed E-state index contributed by atoms with van der Waals surface area (Å²) in [4.78, 5) is 11.7. The van der Waals surface area contributed by atoms with Crippen LogP contribution in [0.15, 0.2) is 11.6 Å². The summed E-state index contributed by atoms with van der Waals surface area (Å²) in [5.41, 5.74) is 1.47. The Morgan fingerprint density at radius 1 is 1.29 bits per heavy atom. The maximum Gasteiger partial charge on any atom is 0.140 e. The van der Waals surface area contributed by atoms with Gasteiger partial charge in [0.1, 0.15) is 5.78 Å². The number of allylic oxidation sites excluding steroid dienone is 2. The minimum absolute atomic E-state index is 0.409. The van der Waals surface area contributed by atoms with E-state index in [1.165, 1.54) is 31.3 Å². The molecule has 0 N–H and O–H groups in total. The van der Waals surface area contributed by atoms with Crippen LogP contribution >= 0.6 is 0 Å². The normalized spacial score (nSPS) is 34.9. The number of hydrogen-bond acceptors (Lipinski definition) is 1. The van der Waals surface area contributed by atoms with Crippen molar-refractivity contribution < 1.29 is 4.79 Å². The van der Waals surface area contributed by atoms with Gasteiger partial charge in [-0.1, -0.05) is 37.8 Å². The van der Waals surface area contributed by atoms with Gasteiger partial charge in [0.15, 0.2) is 0 Å².